The molecule has 2 N–H and O–H groups in total. The van der Waals surface area contributed by atoms with E-state index in [9.17, 15) is 0 Å². The van der Waals surface area contributed by atoms with Crippen LogP contribution in [-0.2, 0) is 6.54 Å². The van der Waals surface area contributed by atoms with Crippen molar-refractivity contribution in [3.05, 3.63) is 49.6 Å². The molecule has 0 amide bonds. The molecule has 1 aromatic carbocycles. The number of anilines is 1. The molecule has 19 heavy (non-hydrogen) atoms. The molecule has 102 valence electrons. The van der Waals surface area contributed by atoms with Crippen LogP contribution in [0.25, 0.3) is 0 Å². The van der Waals surface area contributed by atoms with E-state index in [1.54, 1.807) is 11.3 Å². The van der Waals surface area contributed by atoms with E-state index >= 15 is 0 Å². The van der Waals surface area contributed by atoms with Crippen LogP contribution in [0.2, 0.25) is 5.02 Å². The molecule has 0 aliphatic rings. The Labute approximate surface area is 131 Å². The van der Waals surface area contributed by atoms with Gasteiger partial charge in [0.2, 0.25) is 0 Å². The first-order valence-electron chi connectivity index (χ1n) is 5.96. The van der Waals surface area contributed by atoms with Crippen molar-refractivity contribution in [2.24, 2.45) is 5.73 Å². The maximum Gasteiger partial charge on any atom is 0.0701 e. The number of hydrogen-bond donors (Lipinski definition) is 1. The number of rotatable bonds is 4. The van der Waals surface area contributed by atoms with Gasteiger partial charge in [-0.2, -0.15) is 0 Å². The van der Waals surface area contributed by atoms with Gasteiger partial charge in [0.05, 0.1) is 14.5 Å². The molecule has 2 rings (SSSR count). The summed E-state index contributed by atoms with van der Waals surface area (Å²) in [4.78, 5) is 2.14. The Hall–Kier alpha value is -0.550. The van der Waals surface area contributed by atoms with Gasteiger partial charge in [0.15, 0.2) is 0 Å². The first-order chi connectivity index (χ1) is 8.97. The van der Waals surface area contributed by atoms with Crippen molar-refractivity contribution in [2.75, 3.05) is 11.9 Å². The Balaban J connectivity index is 2.17. The molecule has 2 nitrogen and oxygen atoms in total. The van der Waals surface area contributed by atoms with Crippen LogP contribution in [0, 0.1) is 0 Å². The normalized spacial score (nSPS) is 12.5. The van der Waals surface area contributed by atoms with Crippen molar-refractivity contribution in [3.8, 4) is 0 Å². The second kappa shape index (κ2) is 6.27. The van der Waals surface area contributed by atoms with Crippen LogP contribution in [0.15, 0.2) is 33.4 Å². The van der Waals surface area contributed by atoms with E-state index in [0.29, 0.717) is 0 Å². The van der Waals surface area contributed by atoms with Gasteiger partial charge in [0.1, 0.15) is 0 Å². The van der Waals surface area contributed by atoms with E-state index in [4.69, 9.17) is 17.3 Å². The Morgan fingerprint density at radius 3 is 2.68 bits per heavy atom. The van der Waals surface area contributed by atoms with Crippen LogP contribution in [0.5, 0.6) is 0 Å². The summed E-state index contributed by atoms with van der Waals surface area (Å²) in [5, 5.41) is 2.89. The molecule has 0 unspecified atom stereocenters. The Morgan fingerprint density at radius 2 is 2.16 bits per heavy atom. The fraction of sp³-hybridized carbons (Fsp3) is 0.286. The monoisotopic (exact) mass is 358 g/mol. The molecule has 0 aliphatic carbocycles. The average Bonchev–Trinajstić information content (AvgIpc) is 2.74. The van der Waals surface area contributed by atoms with Gasteiger partial charge in [-0.15, -0.1) is 11.3 Å². The number of halogens is 2. The summed E-state index contributed by atoms with van der Waals surface area (Å²) in [6.45, 7) is 2.79. The molecule has 1 atom stereocenters. The second-order valence-corrected chi connectivity index (χ2v) is 7.31. The zero-order valence-electron chi connectivity index (χ0n) is 10.9. The summed E-state index contributed by atoms with van der Waals surface area (Å²) in [7, 11) is 2.04. The van der Waals surface area contributed by atoms with Crippen LogP contribution >= 0.6 is 38.9 Å². The second-order valence-electron chi connectivity index (χ2n) is 4.61. The van der Waals surface area contributed by atoms with Gasteiger partial charge in [-0.25, -0.2) is 0 Å². The predicted molar refractivity (Wildman–Crippen MR) is 88.2 cm³/mol. The highest BCUT2D eigenvalue weighted by Gasteiger charge is 2.10. The fourth-order valence-corrected chi connectivity index (χ4v) is 3.44. The molecule has 0 spiro atoms. The van der Waals surface area contributed by atoms with Gasteiger partial charge in [-0.1, -0.05) is 17.7 Å². The van der Waals surface area contributed by atoms with Crippen molar-refractivity contribution in [1.29, 1.82) is 0 Å². The lowest BCUT2D eigenvalue weighted by Crippen LogP contribution is -2.16. The highest BCUT2D eigenvalue weighted by atomic mass is 79.9. The minimum atomic E-state index is 0.00434. The first kappa shape index (κ1) is 14.9. The van der Waals surface area contributed by atoms with Crippen molar-refractivity contribution < 1.29 is 0 Å². The van der Waals surface area contributed by atoms with Gasteiger partial charge >= 0.3 is 0 Å². The average molecular weight is 360 g/mol. The maximum atomic E-state index is 6.34. The molecule has 0 fully saturated rings. The van der Waals surface area contributed by atoms with E-state index in [1.165, 1.54) is 5.56 Å². The highest BCUT2D eigenvalue weighted by Crippen LogP contribution is 2.30. The number of thiophene rings is 1. The van der Waals surface area contributed by atoms with Crippen molar-refractivity contribution >= 4 is 44.6 Å². The number of benzene rings is 1. The van der Waals surface area contributed by atoms with Crippen molar-refractivity contribution in [3.63, 3.8) is 0 Å². The minimum Gasteiger partial charge on any atom is -0.369 e. The molecule has 0 bridgehead atoms. The molecular formula is C14H16BrClN2S. The van der Waals surface area contributed by atoms with Crippen molar-refractivity contribution in [1.82, 2.24) is 0 Å². The standard InChI is InChI=1S/C14H16BrClN2S/c1-9(17)11-3-4-13(12(16)6-11)18(2)7-10-5-14(15)19-8-10/h3-6,8-9H,7,17H2,1-2H3/t9-/m1/s1. The summed E-state index contributed by atoms with van der Waals surface area (Å²) < 4.78 is 1.15. The van der Waals surface area contributed by atoms with E-state index in [-0.39, 0.29) is 6.04 Å². The van der Waals surface area contributed by atoms with Gasteiger partial charge in [0, 0.05) is 19.6 Å². The first-order valence-corrected chi connectivity index (χ1v) is 8.01. The quantitative estimate of drug-likeness (QED) is 0.848. The number of nitrogens with zero attached hydrogens (tertiary/aromatic N) is 1. The Bertz CT molecular complexity index is 568. The number of hydrogen-bond acceptors (Lipinski definition) is 3. The molecule has 0 saturated carbocycles. The summed E-state index contributed by atoms with van der Waals surface area (Å²) >= 11 is 11.5. The third-order valence-electron chi connectivity index (χ3n) is 2.95. The van der Waals surface area contributed by atoms with Crippen LogP contribution in [-0.4, -0.2) is 7.05 Å². The largest absolute Gasteiger partial charge is 0.369 e. The Morgan fingerprint density at radius 1 is 1.42 bits per heavy atom. The van der Waals surface area contributed by atoms with Crippen LogP contribution in [0.4, 0.5) is 5.69 Å². The number of nitrogens with two attached hydrogens (primary N) is 1. The highest BCUT2D eigenvalue weighted by molar-refractivity contribution is 9.11. The smallest absolute Gasteiger partial charge is 0.0701 e. The van der Waals surface area contributed by atoms with Gasteiger partial charge in [-0.3, -0.25) is 0 Å². The van der Waals surface area contributed by atoms with E-state index in [1.807, 2.05) is 32.2 Å². The summed E-state index contributed by atoms with van der Waals surface area (Å²) in [6, 6.07) is 8.14. The predicted octanol–water partition coefficient (Wildman–Crippen LogP) is 4.82. The topological polar surface area (TPSA) is 29.3 Å². The Kier molecular flexibility index (Phi) is 4.90. The van der Waals surface area contributed by atoms with Crippen molar-refractivity contribution in [2.45, 2.75) is 19.5 Å². The van der Waals surface area contributed by atoms with E-state index in [0.717, 1.165) is 26.6 Å². The third-order valence-corrected chi connectivity index (χ3v) is 4.81. The molecule has 0 radical (unpaired) electrons. The molecular weight excluding hydrogens is 344 g/mol. The molecule has 1 aromatic heterocycles. The zero-order chi connectivity index (χ0) is 14.0. The SMILES string of the molecule is C[C@@H](N)c1ccc(N(C)Cc2csc(Br)c2)c(Cl)c1. The lowest BCUT2D eigenvalue weighted by molar-refractivity contribution is 0.817. The van der Waals surface area contributed by atoms with Crippen LogP contribution in [0.3, 0.4) is 0 Å². The van der Waals surface area contributed by atoms with Gasteiger partial charge in [0.25, 0.3) is 0 Å². The maximum absolute atomic E-state index is 6.34. The lowest BCUT2D eigenvalue weighted by atomic mass is 10.1. The molecule has 2 aromatic rings. The van der Waals surface area contributed by atoms with E-state index < -0.39 is 0 Å². The van der Waals surface area contributed by atoms with Crippen LogP contribution in [0.1, 0.15) is 24.1 Å². The lowest BCUT2D eigenvalue weighted by Gasteiger charge is -2.21. The van der Waals surface area contributed by atoms with E-state index in [2.05, 4.69) is 32.3 Å². The molecule has 5 heteroatoms. The van der Waals surface area contributed by atoms with Gasteiger partial charge in [-0.05, 0) is 57.6 Å². The molecule has 0 saturated heterocycles. The van der Waals surface area contributed by atoms with Crippen LogP contribution < -0.4 is 10.6 Å². The molecule has 1 heterocycles. The minimum absolute atomic E-state index is 0.00434. The summed E-state index contributed by atoms with van der Waals surface area (Å²) in [5.41, 5.74) is 9.21. The third kappa shape index (κ3) is 3.72. The zero-order valence-corrected chi connectivity index (χ0v) is 14.0. The fourth-order valence-electron chi connectivity index (χ4n) is 1.90. The summed E-state index contributed by atoms with van der Waals surface area (Å²) in [6.07, 6.45) is 0. The molecule has 0 aliphatic heterocycles. The van der Waals surface area contributed by atoms with Gasteiger partial charge < -0.3 is 10.6 Å². The summed E-state index contributed by atoms with van der Waals surface area (Å²) in [5.74, 6) is 0.